The highest BCUT2D eigenvalue weighted by Crippen LogP contribution is 2.24. The predicted molar refractivity (Wildman–Crippen MR) is 116 cm³/mol. The molecule has 0 amide bonds. The molecule has 0 unspecified atom stereocenters. The van der Waals surface area contributed by atoms with Crippen LogP contribution in [0.2, 0.25) is 0 Å². The summed E-state index contributed by atoms with van der Waals surface area (Å²) in [6.07, 6.45) is 1.71. The van der Waals surface area contributed by atoms with Gasteiger partial charge in [-0.05, 0) is 55.3 Å². The minimum Gasteiger partial charge on any atom is -0.478 e. The summed E-state index contributed by atoms with van der Waals surface area (Å²) in [5.41, 5.74) is 4.75. The molecular weight excluding hydrogens is 400 g/mol. The van der Waals surface area contributed by atoms with Crippen molar-refractivity contribution in [2.45, 2.75) is 13.8 Å². The number of thiazole rings is 1. The molecule has 0 atom stereocenters. The molecule has 0 saturated carbocycles. The molecule has 5 rings (SSSR count). The van der Waals surface area contributed by atoms with Gasteiger partial charge < -0.3 is 9.52 Å². The number of carbonyl (C=O) groups is 1. The fourth-order valence-corrected chi connectivity index (χ4v) is 4.42. The number of hydrogen-bond donors (Lipinski definition) is 1. The summed E-state index contributed by atoms with van der Waals surface area (Å²) in [5.74, 6) is 0.173. The summed E-state index contributed by atoms with van der Waals surface area (Å²) in [6, 6.07) is 14.0. The molecule has 5 aromatic rings. The molecule has 0 fully saturated rings. The second-order valence-corrected chi connectivity index (χ2v) is 8.11. The van der Waals surface area contributed by atoms with Gasteiger partial charge in [-0.25, -0.2) is 14.2 Å². The zero-order chi connectivity index (χ0) is 21.0. The number of rotatable bonds is 3. The van der Waals surface area contributed by atoms with Gasteiger partial charge in [0.05, 0.1) is 16.6 Å². The summed E-state index contributed by atoms with van der Waals surface area (Å²) in [5, 5.41) is 9.01. The minimum atomic E-state index is -0.974. The Labute approximate surface area is 174 Å². The van der Waals surface area contributed by atoms with Crippen LogP contribution in [0.3, 0.4) is 0 Å². The maximum atomic E-state index is 13.0. The fourth-order valence-electron chi connectivity index (χ4n) is 3.46. The van der Waals surface area contributed by atoms with Crippen LogP contribution < -0.4 is 10.1 Å². The van der Waals surface area contributed by atoms with Gasteiger partial charge in [0.25, 0.3) is 5.56 Å². The number of carboxylic acid groups (broad SMARTS) is 1. The summed E-state index contributed by atoms with van der Waals surface area (Å²) in [7, 11) is 0. The highest BCUT2D eigenvalue weighted by atomic mass is 32.1. The second kappa shape index (κ2) is 6.67. The zero-order valence-electron chi connectivity index (χ0n) is 16.2. The van der Waals surface area contributed by atoms with E-state index in [0.29, 0.717) is 21.0 Å². The first-order valence-electron chi connectivity index (χ1n) is 9.29. The lowest BCUT2D eigenvalue weighted by Gasteiger charge is -1.99. The number of nitrogens with zero attached hydrogens (tertiary/aromatic N) is 2. The first kappa shape index (κ1) is 18.3. The molecule has 3 heterocycles. The van der Waals surface area contributed by atoms with Crippen LogP contribution in [-0.4, -0.2) is 20.5 Å². The van der Waals surface area contributed by atoms with Gasteiger partial charge in [-0.3, -0.25) is 4.79 Å². The Morgan fingerprint density at radius 2 is 1.87 bits per heavy atom. The van der Waals surface area contributed by atoms with E-state index >= 15 is 0 Å². The van der Waals surface area contributed by atoms with Crippen molar-refractivity contribution in [2.75, 3.05) is 0 Å². The zero-order valence-corrected chi connectivity index (χ0v) is 17.0. The van der Waals surface area contributed by atoms with Gasteiger partial charge in [0.2, 0.25) is 0 Å². The summed E-state index contributed by atoms with van der Waals surface area (Å²) in [6.45, 7) is 4.04. The largest absolute Gasteiger partial charge is 0.478 e. The van der Waals surface area contributed by atoms with Crippen LogP contribution in [0.5, 0.6) is 0 Å². The van der Waals surface area contributed by atoms with Crippen LogP contribution in [0.15, 0.2) is 57.7 Å². The molecule has 0 saturated heterocycles. The topological polar surface area (TPSA) is 84.8 Å². The van der Waals surface area contributed by atoms with Crippen LogP contribution in [0, 0.1) is 13.8 Å². The maximum absolute atomic E-state index is 13.0. The van der Waals surface area contributed by atoms with E-state index in [1.807, 2.05) is 26.0 Å². The number of aromatic nitrogens is 2. The lowest BCUT2D eigenvalue weighted by Crippen LogP contribution is -2.22. The standard InChI is InChI=1S/C23H16N2O4S/c1-12-3-9-17-20(13(12)2)24-23-25(17)21(26)19(30-23)11-16-8-10-18(29-16)14-4-6-15(7-5-14)22(27)28/h3-11H,1-2H3,(H,27,28). The molecule has 0 aliphatic heterocycles. The van der Waals surface area contributed by atoms with Gasteiger partial charge in [0.15, 0.2) is 4.96 Å². The Balaban J connectivity index is 1.57. The number of aromatic carboxylic acids is 1. The molecule has 148 valence electrons. The molecule has 2 aromatic carbocycles. The Morgan fingerprint density at radius 3 is 2.60 bits per heavy atom. The molecule has 0 aliphatic carbocycles. The van der Waals surface area contributed by atoms with Crippen LogP contribution in [0.25, 0.3) is 33.4 Å². The van der Waals surface area contributed by atoms with Gasteiger partial charge in [-0.2, -0.15) is 0 Å². The van der Waals surface area contributed by atoms with E-state index in [2.05, 4.69) is 4.98 Å². The van der Waals surface area contributed by atoms with Gasteiger partial charge in [-0.1, -0.05) is 29.5 Å². The van der Waals surface area contributed by atoms with Crippen molar-refractivity contribution in [3.8, 4) is 11.3 Å². The molecule has 0 radical (unpaired) electrons. The second-order valence-electron chi connectivity index (χ2n) is 7.11. The molecule has 0 bridgehead atoms. The first-order valence-corrected chi connectivity index (χ1v) is 10.1. The molecule has 7 heteroatoms. The number of fused-ring (bicyclic) bond motifs is 3. The summed E-state index contributed by atoms with van der Waals surface area (Å²) >= 11 is 1.33. The lowest BCUT2D eigenvalue weighted by molar-refractivity contribution is 0.0697. The number of imidazole rings is 1. The summed E-state index contributed by atoms with van der Waals surface area (Å²) < 4.78 is 8.05. The fraction of sp³-hybridized carbons (Fsp3) is 0.0870. The van der Waals surface area contributed by atoms with E-state index in [1.165, 1.54) is 23.5 Å². The Bertz CT molecular complexity index is 1560. The van der Waals surface area contributed by atoms with Crippen molar-refractivity contribution in [2.24, 2.45) is 0 Å². The number of carboxylic acids is 1. The van der Waals surface area contributed by atoms with Crippen LogP contribution in [-0.2, 0) is 0 Å². The van der Waals surface area contributed by atoms with Gasteiger partial charge in [0, 0.05) is 11.6 Å². The monoisotopic (exact) mass is 416 g/mol. The third kappa shape index (κ3) is 2.83. The van der Waals surface area contributed by atoms with Crippen molar-refractivity contribution in [3.63, 3.8) is 0 Å². The number of benzene rings is 2. The SMILES string of the molecule is Cc1ccc2c(nc3sc(=Cc4ccc(-c5ccc(C(=O)O)cc5)o4)c(=O)n32)c1C. The molecule has 0 aliphatic rings. The van der Waals surface area contributed by atoms with Gasteiger partial charge in [-0.15, -0.1) is 0 Å². The Kier molecular flexibility index (Phi) is 4.08. The summed E-state index contributed by atoms with van der Waals surface area (Å²) in [4.78, 5) is 29.3. The van der Waals surface area contributed by atoms with Crippen LogP contribution in [0.1, 0.15) is 27.2 Å². The molecule has 30 heavy (non-hydrogen) atoms. The number of furan rings is 1. The van der Waals surface area contributed by atoms with E-state index in [-0.39, 0.29) is 11.1 Å². The number of hydrogen-bond acceptors (Lipinski definition) is 5. The van der Waals surface area contributed by atoms with Gasteiger partial charge >= 0.3 is 5.97 Å². The Hall–Kier alpha value is -3.71. The van der Waals surface area contributed by atoms with E-state index in [1.54, 1.807) is 34.7 Å². The molecule has 1 N–H and O–H groups in total. The van der Waals surface area contributed by atoms with E-state index in [0.717, 1.165) is 27.7 Å². The average Bonchev–Trinajstić information content (AvgIpc) is 3.42. The average molecular weight is 416 g/mol. The molecular formula is C23H16N2O4S. The van der Waals surface area contributed by atoms with Crippen LogP contribution in [0.4, 0.5) is 0 Å². The normalized spacial score (nSPS) is 12.3. The molecule has 6 nitrogen and oxygen atoms in total. The van der Waals surface area contributed by atoms with E-state index in [4.69, 9.17) is 9.52 Å². The third-order valence-electron chi connectivity index (χ3n) is 5.25. The van der Waals surface area contributed by atoms with E-state index in [9.17, 15) is 9.59 Å². The smallest absolute Gasteiger partial charge is 0.335 e. The maximum Gasteiger partial charge on any atom is 0.335 e. The van der Waals surface area contributed by atoms with E-state index < -0.39 is 5.97 Å². The predicted octanol–water partition coefficient (Wildman–Crippen LogP) is 4.03. The minimum absolute atomic E-state index is 0.121. The lowest BCUT2D eigenvalue weighted by atomic mass is 10.1. The quantitative estimate of drug-likeness (QED) is 0.480. The molecule has 3 aromatic heterocycles. The highest BCUT2D eigenvalue weighted by Gasteiger charge is 2.14. The van der Waals surface area contributed by atoms with Crippen molar-refractivity contribution in [1.82, 2.24) is 9.38 Å². The molecule has 0 spiro atoms. The van der Waals surface area contributed by atoms with Crippen molar-refractivity contribution >= 4 is 39.4 Å². The van der Waals surface area contributed by atoms with Crippen molar-refractivity contribution < 1.29 is 14.3 Å². The highest BCUT2D eigenvalue weighted by molar-refractivity contribution is 7.15. The Morgan fingerprint density at radius 1 is 1.10 bits per heavy atom. The van der Waals surface area contributed by atoms with Crippen molar-refractivity contribution in [1.29, 1.82) is 0 Å². The third-order valence-corrected chi connectivity index (χ3v) is 6.22. The van der Waals surface area contributed by atoms with Crippen molar-refractivity contribution in [3.05, 3.63) is 85.9 Å². The number of aryl methyl sites for hydroxylation is 2. The van der Waals surface area contributed by atoms with Crippen LogP contribution >= 0.6 is 11.3 Å². The van der Waals surface area contributed by atoms with Gasteiger partial charge in [0.1, 0.15) is 16.1 Å². The first-order chi connectivity index (χ1) is 14.4.